The average Bonchev–Trinajstić information content (AvgIpc) is 2.90. The number of nitrogens with one attached hydrogen (secondary N) is 1. The molecule has 2 rings (SSSR count). The zero-order valence-electron chi connectivity index (χ0n) is 12.1. The molecular weight excluding hydrogens is 270 g/mol. The molecule has 0 atom stereocenters. The summed E-state index contributed by atoms with van der Waals surface area (Å²) >= 11 is 0. The Hall–Kier alpha value is -2.76. The van der Waals surface area contributed by atoms with Gasteiger partial charge >= 0.3 is 0 Å². The highest BCUT2D eigenvalue weighted by Crippen LogP contribution is 2.23. The average molecular weight is 287 g/mol. The molecule has 1 heterocycles. The van der Waals surface area contributed by atoms with Crippen LogP contribution in [0, 0.1) is 0 Å². The van der Waals surface area contributed by atoms with E-state index in [1.807, 2.05) is 0 Å². The first kappa shape index (κ1) is 14.6. The smallest absolute Gasteiger partial charge is 0.287 e. The molecule has 1 aromatic carbocycles. The molecular formula is C15H17N3O3. The number of nitrogens with zero attached hydrogens (tertiary/aromatic N) is 2. The maximum Gasteiger partial charge on any atom is 0.287 e. The van der Waals surface area contributed by atoms with Gasteiger partial charge in [-0.25, -0.2) is 5.43 Å². The molecule has 0 saturated heterocycles. The van der Waals surface area contributed by atoms with E-state index in [0.29, 0.717) is 22.7 Å². The fraction of sp³-hybridized carbons (Fsp3) is 0.200. The van der Waals surface area contributed by atoms with Gasteiger partial charge in [0.2, 0.25) is 0 Å². The van der Waals surface area contributed by atoms with Crippen molar-refractivity contribution in [3.05, 3.63) is 47.8 Å². The quantitative estimate of drug-likeness (QED) is 0.666. The van der Waals surface area contributed by atoms with Gasteiger partial charge in [0.1, 0.15) is 17.2 Å². The second-order valence-electron chi connectivity index (χ2n) is 4.53. The number of methoxy groups -OCH3 is 1. The molecule has 6 nitrogen and oxygen atoms in total. The zero-order chi connectivity index (χ0) is 15.4. The molecule has 0 saturated carbocycles. The Kier molecular flexibility index (Phi) is 4.27. The first-order chi connectivity index (χ1) is 10.0. The molecule has 2 N–H and O–H groups in total. The Bertz CT molecular complexity index is 689. The zero-order valence-corrected chi connectivity index (χ0v) is 12.1. The SMILES string of the molecule is COc1ccc(/C(C)=N/NC(=O)c2cccn2C)c(O)c1. The molecule has 0 aliphatic heterocycles. The van der Waals surface area contributed by atoms with Gasteiger partial charge in [0.15, 0.2) is 0 Å². The van der Waals surface area contributed by atoms with Gasteiger partial charge in [-0.1, -0.05) is 0 Å². The maximum atomic E-state index is 11.9. The predicted molar refractivity (Wildman–Crippen MR) is 79.7 cm³/mol. The number of aromatic nitrogens is 1. The number of hydrogen-bond acceptors (Lipinski definition) is 4. The van der Waals surface area contributed by atoms with Gasteiger partial charge in [-0.15, -0.1) is 0 Å². The van der Waals surface area contributed by atoms with Gasteiger partial charge in [-0.3, -0.25) is 4.79 Å². The molecule has 1 aromatic heterocycles. The largest absolute Gasteiger partial charge is 0.507 e. The lowest BCUT2D eigenvalue weighted by Gasteiger charge is -2.07. The molecule has 2 aromatic rings. The van der Waals surface area contributed by atoms with Crippen LogP contribution in [-0.4, -0.2) is 28.4 Å². The number of hydrogen-bond donors (Lipinski definition) is 2. The number of phenolic OH excluding ortho intramolecular Hbond substituents is 1. The summed E-state index contributed by atoms with van der Waals surface area (Å²) in [5.41, 5.74) is 4.00. The normalized spacial score (nSPS) is 11.3. The number of carbonyl (C=O) groups excluding carboxylic acids is 1. The molecule has 110 valence electrons. The number of amides is 1. The molecule has 6 heteroatoms. The number of benzene rings is 1. The van der Waals surface area contributed by atoms with Crippen molar-refractivity contribution < 1.29 is 14.6 Å². The van der Waals surface area contributed by atoms with Gasteiger partial charge < -0.3 is 14.4 Å². The minimum absolute atomic E-state index is 0.0451. The number of aryl methyl sites for hydroxylation is 1. The highest BCUT2D eigenvalue weighted by atomic mass is 16.5. The first-order valence-electron chi connectivity index (χ1n) is 6.36. The minimum Gasteiger partial charge on any atom is -0.507 e. The van der Waals surface area contributed by atoms with Crippen LogP contribution < -0.4 is 10.2 Å². The van der Waals surface area contributed by atoms with E-state index in [4.69, 9.17) is 4.74 Å². The predicted octanol–water partition coefficient (Wildman–Crippen LogP) is 1.89. The van der Waals surface area contributed by atoms with E-state index >= 15 is 0 Å². The second-order valence-corrected chi connectivity index (χ2v) is 4.53. The van der Waals surface area contributed by atoms with Crippen molar-refractivity contribution in [1.29, 1.82) is 0 Å². The third kappa shape index (κ3) is 3.22. The van der Waals surface area contributed by atoms with Crippen LogP contribution in [0.15, 0.2) is 41.6 Å². The van der Waals surface area contributed by atoms with Crippen LogP contribution >= 0.6 is 0 Å². The molecule has 1 amide bonds. The molecule has 0 aliphatic rings. The Morgan fingerprint density at radius 3 is 2.71 bits per heavy atom. The van der Waals surface area contributed by atoms with E-state index in [2.05, 4.69) is 10.5 Å². The van der Waals surface area contributed by atoms with Crippen molar-refractivity contribution in [2.24, 2.45) is 12.1 Å². The van der Waals surface area contributed by atoms with E-state index in [0.717, 1.165) is 0 Å². The van der Waals surface area contributed by atoms with E-state index in [1.165, 1.54) is 13.2 Å². The van der Waals surface area contributed by atoms with E-state index in [-0.39, 0.29) is 11.7 Å². The fourth-order valence-corrected chi connectivity index (χ4v) is 1.89. The maximum absolute atomic E-state index is 11.9. The third-order valence-electron chi connectivity index (χ3n) is 3.10. The third-order valence-corrected chi connectivity index (χ3v) is 3.10. The molecule has 0 aliphatic carbocycles. The summed E-state index contributed by atoms with van der Waals surface area (Å²) in [4.78, 5) is 11.9. The Balaban J connectivity index is 2.14. The lowest BCUT2D eigenvalue weighted by atomic mass is 10.1. The van der Waals surface area contributed by atoms with Crippen LogP contribution in [0.2, 0.25) is 0 Å². The number of carbonyl (C=O) groups is 1. The second kappa shape index (κ2) is 6.13. The van der Waals surface area contributed by atoms with Crippen molar-refractivity contribution in [3.63, 3.8) is 0 Å². The monoisotopic (exact) mass is 287 g/mol. The van der Waals surface area contributed by atoms with E-state index in [1.54, 1.807) is 49.0 Å². The fourth-order valence-electron chi connectivity index (χ4n) is 1.89. The number of hydrazone groups is 1. The van der Waals surface area contributed by atoms with Crippen molar-refractivity contribution in [3.8, 4) is 11.5 Å². The lowest BCUT2D eigenvalue weighted by Crippen LogP contribution is -2.21. The number of aromatic hydroxyl groups is 1. The standard InChI is InChI=1S/C15H17N3O3/c1-10(12-7-6-11(21-3)9-14(12)19)16-17-15(20)13-5-4-8-18(13)2/h4-9,19H,1-3H3,(H,17,20)/b16-10+. The number of rotatable bonds is 4. The van der Waals surface area contributed by atoms with Crippen molar-refractivity contribution in [2.75, 3.05) is 7.11 Å². The summed E-state index contributed by atoms with van der Waals surface area (Å²) < 4.78 is 6.72. The van der Waals surface area contributed by atoms with Crippen LogP contribution in [0.1, 0.15) is 23.0 Å². The van der Waals surface area contributed by atoms with Gasteiger partial charge in [-0.2, -0.15) is 5.10 Å². The summed E-state index contributed by atoms with van der Waals surface area (Å²) in [7, 11) is 3.30. The first-order valence-corrected chi connectivity index (χ1v) is 6.36. The van der Waals surface area contributed by atoms with Crippen LogP contribution in [0.3, 0.4) is 0 Å². The minimum atomic E-state index is -0.310. The molecule has 0 bridgehead atoms. The van der Waals surface area contributed by atoms with E-state index < -0.39 is 0 Å². The van der Waals surface area contributed by atoms with E-state index in [9.17, 15) is 9.90 Å². The molecule has 0 unspecified atom stereocenters. The van der Waals surface area contributed by atoms with Crippen molar-refractivity contribution in [1.82, 2.24) is 9.99 Å². The summed E-state index contributed by atoms with van der Waals surface area (Å²) in [6.07, 6.45) is 1.78. The van der Waals surface area contributed by atoms with Gasteiger partial charge in [0, 0.05) is 24.9 Å². The Labute approximate surface area is 122 Å². The van der Waals surface area contributed by atoms with Crippen molar-refractivity contribution in [2.45, 2.75) is 6.92 Å². The highest BCUT2D eigenvalue weighted by Gasteiger charge is 2.09. The van der Waals surface area contributed by atoms with Gasteiger partial charge in [0.25, 0.3) is 5.91 Å². The molecule has 0 radical (unpaired) electrons. The Morgan fingerprint density at radius 1 is 1.38 bits per heavy atom. The summed E-state index contributed by atoms with van der Waals surface area (Å²) in [5.74, 6) is 0.287. The highest BCUT2D eigenvalue weighted by molar-refractivity contribution is 6.02. The molecule has 0 fully saturated rings. The Morgan fingerprint density at radius 2 is 2.14 bits per heavy atom. The van der Waals surface area contributed by atoms with Crippen LogP contribution in [0.5, 0.6) is 11.5 Å². The van der Waals surface area contributed by atoms with Crippen LogP contribution in [-0.2, 0) is 7.05 Å². The van der Waals surface area contributed by atoms with Gasteiger partial charge in [-0.05, 0) is 31.2 Å². The molecule has 0 spiro atoms. The van der Waals surface area contributed by atoms with Crippen molar-refractivity contribution >= 4 is 11.6 Å². The van der Waals surface area contributed by atoms with Gasteiger partial charge in [0.05, 0.1) is 12.8 Å². The number of ether oxygens (including phenoxy) is 1. The summed E-state index contributed by atoms with van der Waals surface area (Å²) in [5, 5.41) is 13.9. The molecule has 21 heavy (non-hydrogen) atoms. The lowest BCUT2D eigenvalue weighted by molar-refractivity contribution is 0.0946. The summed E-state index contributed by atoms with van der Waals surface area (Å²) in [6.45, 7) is 1.70. The van der Waals surface area contributed by atoms with Crippen LogP contribution in [0.25, 0.3) is 0 Å². The summed E-state index contributed by atoms with van der Waals surface area (Å²) in [6, 6.07) is 8.37. The van der Waals surface area contributed by atoms with Crippen LogP contribution in [0.4, 0.5) is 0 Å². The topological polar surface area (TPSA) is 75.8 Å². The number of phenols is 1.